The van der Waals surface area contributed by atoms with E-state index in [1.54, 1.807) is 0 Å². The van der Waals surface area contributed by atoms with Gasteiger partial charge in [-0.25, -0.2) is 0 Å². The Bertz CT molecular complexity index is 475. The summed E-state index contributed by atoms with van der Waals surface area (Å²) in [5.41, 5.74) is 1.10. The number of allylic oxidation sites excluding steroid dienone is 2. The zero-order valence-electron chi connectivity index (χ0n) is 10.7. The molecule has 1 aliphatic carbocycles. The van der Waals surface area contributed by atoms with Crippen LogP contribution in [0.4, 0.5) is 0 Å². The van der Waals surface area contributed by atoms with E-state index in [1.807, 2.05) is 30.3 Å². The maximum atomic E-state index is 11.8. The summed E-state index contributed by atoms with van der Waals surface area (Å²) in [4.78, 5) is 11.8. The van der Waals surface area contributed by atoms with Gasteiger partial charge in [-0.2, -0.15) is 0 Å². The van der Waals surface area contributed by atoms with Crippen molar-refractivity contribution in [3.63, 3.8) is 0 Å². The highest BCUT2D eigenvalue weighted by Crippen LogP contribution is 2.39. The topological polar surface area (TPSA) is 26.3 Å². The van der Waals surface area contributed by atoms with Crippen LogP contribution in [-0.4, -0.2) is 5.78 Å². The molecule has 1 aliphatic rings. The highest BCUT2D eigenvalue weighted by Gasteiger charge is 2.32. The van der Waals surface area contributed by atoms with E-state index >= 15 is 0 Å². The molecule has 0 heterocycles. The van der Waals surface area contributed by atoms with E-state index in [1.165, 1.54) is 0 Å². The first-order valence-corrected chi connectivity index (χ1v) is 6.86. The average Bonchev–Trinajstić information content (AvgIpc) is 2.33. The van der Waals surface area contributed by atoms with E-state index in [2.05, 4.69) is 29.8 Å². The van der Waals surface area contributed by atoms with Crippen LogP contribution in [0.15, 0.2) is 40.6 Å². The number of carbonyl (C=O) groups is 1. The number of Topliss-reactive ketones (excluding diaryl/α,β-unsaturated/α-hetero) is 1. The minimum absolute atomic E-state index is 0.0135. The van der Waals surface area contributed by atoms with Crippen molar-refractivity contribution in [2.75, 3.05) is 0 Å². The number of carbonyl (C=O) groups excluding carboxylic acids is 1. The minimum Gasteiger partial charge on any atom is -0.492 e. The van der Waals surface area contributed by atoms with E-state index in [-0.39, 0.29) is 11.2 Å². The number of benzene rings is 1. The fourth-order valence-electron chi connectivity index (χ4n) is 2.10. The van der Waals surface area contributed by atoms with E-state index in [0.717, 1.165) is 17.7 Å². The Labute approximate surface area is 116 Å². The van der Waals surface area contributed by atoms with Gasteiger partial charge in [0.15, 0.2) is 5.78 Å². The van der Waals surface area contributed by atoms with Crippen molar-refractivity contribution in [3.05, 3.63) is 46.1 Å². The molecule has 0 aliphatic heterocycles. The lowest BCUT2D eigenvalue weighted by Gasteiger charge is -2.30. The van der Waals surface area contributed by atoms with Gasteiger partial charge in [0.25, 0.3) is 0 Å². The molecule has 0 atom stereocenters. The summed E-state index contributed by atoms with van der Waals surface area (Å²) < 4.78 is 6.41. The Kier molecular flexibility index (Phi) is 3.91. The molecule has 96 valence electrons. The minimum atomic E-state index is -0.0135. The molecule has 0 saturated heterocycles. The van der Waals surface area contributed by atoms with Crippen molar-refractivity contribution < 1.29 is 9.53 Å². The normalized spacial score (nSPS) is 18.9. The number of halogens is 1. The predicted octanol–water partition coefficient (Wildman–Crippen LogP) is 4.20. The molecule has 0 spiro atoms. The van der Waals surface area contributed by atoms with Crippen molar-refractivity contribution >= 4 is 21.7 Å². The molecular weight excluding hydrogens is 292 g/mol. The van der Waals surface area contributed by atoms with Crippen molar-refractivity contribution in [3.8, 4) is 0 Å². The fraction of sp³-hybridized carbons (Fsp3) is 0.400. The fourth-order valence-corrected chi connectivity index (χ4v) is 2.50. The monoisotopic (exact) mass is 308 g/mol. The van der Waals surface area contributed by atoms with E-state index in [4.69, 9.17) is 4.74 Å². The summed E-state index contributed by atoms with van der Waals surface area (Å²) in [7, 11) is 0. The highest BCUT2D eigenvalue weighted by atomic mass is 79.9. The lowest BCUT2D eigenvalue weighted by atomic mass is 9.79. The molecule has 0 saturated carbocycles. The Balaban J connectivity index is 2.08. The molecule has 2 rings (SSSR count). The van der Waals surface area contributed by atoms with E-state index in [9.17, 15) is 4.79 Å². The predicted molar refractivity (Wildman–Crippen MR) is 75.2 cm³/mol. The number of ether oxygens (including phenoxy) is 1. The van der Waals surface area contributed by atoms with Crippen LogP contribution in [0.3, 0.4) is 0 Å². The molecule has 1 aromatic carbocycles. The van der Waals surface area contributed by atoms with Gasteiger partial charge in [0.1, 0.15) is 12.4 Å². The number of rotatable bonds is 3. The Morgan fingerprint density at radius 1 is 1.22 bits per heavy atom. The quantitative estimate of drug-likeness (QED) is 0.836. The molecule has 0 unspecified atom stereocenters. The molecule has 0 radical (unpaired) electrons. The lowest BCUT2D eigenvalue weighted by Crippen LogP contribution is -2.24. The van der Waals surface area contributed by atoms with Gasteiger partial charge in [0, 0.05) is 12.8 Å². The summed E-state index contributed by atoms with van der Waals surface area (Å²) in [6, 6.07) is 9.98. The molecule has 1 aromatic rings. The highest BCUT2D eigenvalue weighted by molar-refractivity contribution is 9.12. The largest absolute Gasteiger partial charge is 0.492 e. The Hall–Kier alpha value is -1.09. The molecule has 0 aromatic heterocycles. The van der Waals surface area contributed by atoms with Gasteiger partial charge in [0.2, 0.25) is 0 Å². The van der Waals surface area contributed by atoms with Crippen LogP contribution in [0.1, 0.15) is 32.3 Å². The van der Waals surface area contributed by atoms with Gasteiger partial charge < -0.3 is 4.74 Å². The first-order valence-electron chi connectivity index (χ1n) is 6.06. The van der Waals surface area contributed by atoms with Gasteiger partial charge >= 0.3 is 0 Å². The second-order valence-corrected chi connectivity index (χ2v) is 6.25. The van der Waals surface area contributed by atoms with Crippen LogP contribution in [-0.2, 0) is 16.1 Å². The third-order valence-electron chi connectivity index (χ3n) is 3.02. The molecule has 2 nitrogen and oxygen atoms in total. The second kappa shape index (κ2) is 5.27. The van der Waals surface area contributed by atoms with E-state index < -0.39 is 0 Å². The summed E-state index contributed by atoms with van der Waals surface area (Å²) in [5, 5.41) is 0. The van der Waals surface area contributed by atoms with Crippen LogP contribution >= 0.6 is 15.9 Å². The maximum absolute atomic E-state index is 11.8. The summed E-state index contributed by atoms with van der Waals surface area (Å²) in [6.07, 6.45) is 1.37. The van der Waals surface area contributed by atoms with Gasteiger partial charge in [-0.1, -0.05) is 44.2 Å². The zero-order chi connectivity index (χ0) is 13.2. The molecule has 0 bridgehead atoms. The van der Waals surface area contributed by atoms with Gasteiger partial charge in [-0.3, -0.25) is 4.79 Å². The average molecular weight is 309 g/mol. The van der Waals surface area contributed by atoms with Gasteiger partial charge in [-0.05, 0) is 26.9 Å². The molecule has 18 heavy (non-hydrogen) atoms. The maximum Gasteiger partial charge on any atom is 0.173 e. The third-order valence-corrected chi connectivity index (χ3v) is 3.91. The van der Waals surface area contributed by atoms with Crippen LogP contribution in [0.5, 0.6) is 0 Å². The first kappa shape index (κ1) is 13.3. The number of hydrogen-bond donors (Lipinski definition) is 0. The molecule has 0 fully saturated rings. The van der Waals surface area contributed by atoms with Crippen molar-refractivity contribution in [2.24, 2.45) is 5.41 Å². The second-order valence-electron chi connectivity index (χ2n) is 5.45. The molecule has 0 N–H and O–H groups in total. The van der Waals surface area contributed by atoms with Crippen LogP contribution < -0.4 is 0 Å². The molecule has 3 heteroatoms. The van der Waals surface area contributed by atoms with Crippen molar-refractivity contribution in [1.29, 1.82) is 0 Å². The smallest absolute Gasteiger partial charge is 0.173 e. The first-order chi connectivity index (χ1) is 8.48. The van der Waals surface area contributed by atoms with Crippen LogP contribution in [0.2, 0.25) is 0 Å². The van der Waals surface area contributed by atoms with Crippen molar-refractivity contribution in [1.82, 2.24) is 0 Å². The Morgan fingerprint density at radius 3 is 2.56 bits per heavy atom. The van der Waals surface area contributed by atoms with E-state index in [0.29, 0.717) is 17.5 Å². The molecular formula is C15H17BrO2. The zero-order valence-corrected chi connectivity index (χ0v) is 12.3. The van der Waals surface area contributed by atoms with Crippen molar-refractivity contribution in [2.45, 2.75) is 33.3 Å². The SMILES string of the molecule is CC1(C)CC(=O)C(Br)=C(OCc2ccccc2)C1. The summed E-state index contributed by atoms with van der Waals surface area (Å²) in [5.74, 6) is 0.911. The lowest BCUT2D eigenvalue weighted by molar-refractivity contribution is -0.117. The summed E-state index contributed by atoms with van der Waals surface area (Å²) in [6.45, 7) is 4.70. The van der Waals surface area contributed by atoms with Gasteiger partial charge in [0.05, 0.1) is 4.48 Å². The van der Waals surface area contributed by atoms with Crippen LogP contribution in [0, 0.1) is 5.41 Å². The van der Waals surface area contributed by atoms with Gasteiger partial charge in [-0.15, -0.1) is 0 Å². The third kappa shape index (κ3) is 3.22. The number of ketones is 1. The van der Waals surface area contributed by atoms with Crippen LogP contribution in [0.25, 0.3) is 0 Å². The summed E-state index contributed by atoms with van der Waals surface area (Å²) >= 11 is 3.35. The standard InChI is InChI=1S/C15H17BrO2/c1-15(2)8-12(17)14(16)13(9-15)18-10-11-6-4-3-5-7-11/h3-7H,8-10H2,1-2H3. The Morgan fingerprint density at radius 2 is 1.89 bits per heavy atom. The molecule has 0 amide bonds. The number of hydrogen-bond acceptors (Lipinski definition) is 2.